The fraction of sp³-hybridized carbons (Fsp3) is 0.619. The van der Waals surface area contributed by atoms with E-state index in [9.17, 15) is 0 Å². The molecular weight excluding hydrogens is 350 g/mol. The summed E-state index contributed by atoms with van der Waals surface area (Å²) in [5.41, 5.74) is 2.59. The van der Waals surface area contributed by atoms with Gasteiger partial charge in [0.1, 0.15) is 17.5 Å². The number of piperazine rings is 1. The van der Waals surface area contributed by atoms with E-state index in [1.807, 2.05) is 6.92 Å². The van der Waals surface area contributed by atoms with Crippen molar-refractivity contribution in [2.24, 2.45) is 0 Å². The number of anilines is 3. The molecule has 2 aromatic rings. The normalized spacial score (nSPS) is 19.8. The highest BCUT2D eigenvalue weighted by atomic mass is 15.3. The lowest BCUT2D eigenvalue weighted by Gasteiger charge is -2.36. The van der Waals surface area contributed by atoms with Crippen molar-refractivity contribution in [3.05, 3.63) is 29.2 Å². The standard InChI is InChI=1S/C21H29N7/c1-16-22-19(26-8-3-2-4-9-26)15-20(23-16)27-10-12-28(13-11-27)21-14-17-6-5-7-18(17)24-25-21/h14-15H,2-13H2,1H3. The summed E-state index contributed by atoms with van der Waals surface area (Å²) in [7, 11) is 0. The Hall–Kier alpha value is -2.44. The molecule has 0 spiro atoms. The molecule has 5 rings (SSSR count). The summed E-state index contributed by atoms with van der Waals surface area (Å²) in [5.74, 6) is 4.06. The van der Waals surface area contributed by atoms with Gasteiger partial charge in [-0.2, -0.15) is 5.10 Å². The van der Waals surface area contributed by atoms with Gasteiger partial charge in [0.25, 0.3) is 0 Å². The Morgan fingerprint density at radius 2 is 1.29 bits per heavy atom. The van der Waals surface area contributed by atoms with E-state index in [2.05, 4.69) is 37.0 Å². The summed E-state index contributed by atoms with van der Waals surface area (Å²) in [5, 5.41) is 8.94. The zero-order valence-electron chi connectivity index (χ0n) is 16.8. The van der Waals surface area contributed by atoms with E-state index in [1.165, 1.54) is 36.9 Å². The smallest absolute Gasteiger partial charge is 0.151 e. The van der Waals surface area contributed by atoms with Crippen molar-refractivity contribution in [1.82, 2.24) is 20.2 Å². The molecule has 3 aliphatic rings. The number of piperidine rings is 1. The van der Waals surface area contributed by atoms with Gasteiger partial charge < -0.3 is 14.7 Å². The minimum Gasteiger partial charge on any atom is -0.356 e. The van der Waals surface area contributed by atoms with E-state index in [1.54, 1.807) is 0 Å². The SMILES string of the molecule is Cc1nc(N2CCCCC2)cc(N2CCN(c3cc4c(nn3)CCC4)CC2)n1. The van der Waals surface area contributed by atoms with Crippen LogP contribution < -0.4 is 14.7 Å². The van der Waals surface area contributed by atoms with E-state index in [0.717, 1.165) is 75.4 Å². The van der Waals surface area contributed by atoms with Gasteiger partial charge in [-0.15, -0.1) is 5.10 Å². The summed E-state index contributed by atoms with van der Waals surface area (Å²) >= 11 is 0. The van der Waals surface area contributed by atoms with E-state index in [-0.39, 0.29) is 0 Å². The molecule has 148 valence electrons. The zero-order valence-corrected chi connectivity index (χ0v) is 16.8. The topological polar surface area (TPSA) is 61.3 Å². The maximum absolute atomic E-state index is 4.74. The molecule has 0 aromatic carbocycles. The maximum atomic E-state index is 4.74. The number of hydrogen-bond acceptors (Lipinski definition) is 7. The third kappa shape index (κ3) is 3.50. The summed E-state index contributed by atoms with van der Waals surface area (Å²) in [4.78, 5) is 16.6. The van der Waals surface area contributed by atoms with E-state index < -0.39 is 0 Å². The van der Waals surface area contributed by atoms with Crippen molar-refractivity contribution in [3.63, 3.8) is 0 Å². The second-order valence-electron chi connectivity index (χ2n) is 8.18. The van der Waals surface area contributed by atoms with Gasteiger partial charge in [-0.25, -0.2) is 9.97 Å². The Kier molecular flexibility index (Phi) is 4.74. The molecule has 0 atom stereocenters. The first kappa shape index (κ1) is 17.6. The largest absolute Gasteiger partial charge is 0.356 e. The molecule has 0 bridgehead atoms. The lowest BCUT2D eigenvalue weighted by molar-refractivity contribution is 0.571. The first-order valence-electron chi connectivity index (χ1n) is 10.7. The van der Waals surface area contributed by atoms with Gasteiger partial charge in [0.2, 0.25) is 0 Å². The van der Waals surface area contributed by atoms with Gasteiger partial charge in [0, 0.05) is 45.3 Å². The number of nitrogens with zero attached hydrogens (tertiary/aromatic N) is 7. The molecule has 0 saturated carbocycles. The van der Waals surface area contributed by atoms with Crippen LogP contribution in [0.4, 0.5) is 17.5 Å². The van der Waals surface area contributed by atoms with Gasteiger partial charge in [-0.3, -0.25) is 0 Å². The van der Waals surface area contributed by atoms with Gasteiger partial charge in [-0.05, 0) is 57.1 Å². The fourth-order valence-electron chi connectivity index (χ4n) is 4.62. The summed E-state index contributed by atoms with van der Waals surface area (Å²) in [6.45, 7) is 8.04. The quantitative estimate of drug-likeness (QED) is 0.811. The third-order valence-corrected chi connectivity index (χ3v) is 6.23. The van der Waals surface area contributed by atoms with Crippen LogP contribution >= 0.6 is 0 Å². The van der Waals surface area contributed by atoms with E-state index in [4.69, 9.17) is 9.97 Å². The second kappa shape index (κ2) is 7.53. The van der Waals surface area contributed by atoms with Crippen molar-refractivity contribution in [1.29, 1.82) is 0 Å². The minimum absolute atomic E-state index is 0.866. The molecule has 2 fully saturated rings. The molecule has 2 aromatic heterocycles. The van der Waals surface area contributed by atoms with Crippen LogP contribution in [0.1, 0.15) is 42.8 Å². The Labute approximate surface area is 166 Å². The number of aromatic nitrogens is 4. The first-order chi connectivity index (χ1) is 13.8. The average Bonchev–Trinajstić information content (AvgIpc) is 3.22. The predicted octanol–water partition coefficient (Wildman–Crippen LogP) is 2.38. The molecule has 28 heavy (non-hydrogen) atoms. The molecule has 0 radical (unpaired) electrons. The molecule has 1 aliphatic carbocycles. The molecule has 0 N–H and O–H groups in total. The highest BCUT2D eigenvalue weighted by Gasteiger charge is 2.23. The van der Waals surface area contributed by atoms with Crippen LogP contribution in [0.15, 0.2) is 12.1 Å². The number of fused-ring (bicyclic) bond motifs is 1. The van der Waals surface area contributed by atoms with Gasteiger partial charge in [-0.1, -0.05) is 0 Å². The zero-order chi connectivity index (χ0) is 18.9. The lowest BCUT2D eigenvalue weighted by Crippen LogP contribution is -2.47. The Balaban J connectivity index is 1.28. The van der Waals surface area contributed by atoms with Crippen LogP contribution in [-0.2, 0) is 12.8 Å². The van der Waals surface area contributed by atoms with Gasteiger partial charge >= 0.3 is 0 Å². The Bertz CT molecular complexity index is 839. The monoisotopic (exact) mass is 379 g/mol. The molecular formula is C21H29N7. The van der Waals surface area contributed by atoms with Crippen molar-refractivity contribution in [3.8, 4) is 0 Å². The van der Waals surface area contributed by atoms with Crippen LogP contribution in [-0.4, -0.2) is 59.4 Å². The predicted molar refractivity (Wildman–Crippen MR) is 111 cm³/mol. The maximum Gasteiger partial charge on any atom is 0.151 e. The molecule has 2 saturated heterocycles. The molecule has 0 unspecified atom stereocenters. The number of rotatable bonds is 3. The van der Waals surface area contributed by atoms with Crippen molar-refractivity contribution < 1.29 is 0 Å². The third-order valence-electron chi connectivity index (χ3n) is 6.23. The Morgan fingerprint density at radius 1 is 0.643 bits per heavy atom. The molecule has 0 amide bonds. The Morgan fingerprint density at radius 3 is 2.00 bits per heavy atom. The van der Waals surface area contributed by atoms with Crippen LogP contribution in [0, 0.1) is 6.92 Å². The average molecular weight is 380 g/mol. The summed E-state index contributed by atoms with van der Waals surface area (Å²) in [6.07, 6.45) is 7.31. The number of hydrogen-bond donors (Lipinski definition) is 0. The lowest BCUT2D eigenvalue weighted by atomic mass is 10.1. The molecule has 2 aliphatic heterocycles. The summed E-state index contributed by atoms with van der Waals surface area (Å²) < 4.78 is 0. The van der Waals surface area contributed by atoms with Crippen LogP contribution in [0.5, 0.6) is 0 Å². The molecule has 7 nitrogen and oxygen atoms in total. The summed E-state index contributed by atoms with van der Waals surface area (Å²) in [6, 6.07) is 4.44. The van der Waals surface area contributed by atoms with E-state index >= 15 is 0 Å². The van der Waals surface area contributed by atoms with E-state index in [0.29, 0.717) is 0 Å². The number of aryl methyl sites for hydroxylation is 3. The minimum atomic E-state index is 0.866. The van der Waals surface area contributed by atoms with Gasteiger partial charge in [0.05, 0.1) is 5.69 Å². The molecule has 4 heterocycles. The van der Waals surface area contributed by atoms with Crippen LogP contribution in [0.2, 0.25) is 0 Å². The van der Waals surface area contributed by atoms with Crippen LogP contribution in [0.3, 0.4) is 0 Å². The van der Waals surface area contributed by atoms with Crippen LogP contribution in [0.25, 0.3) is 0 Å². The first-order valence-corrected chi connectivity index (χ1v) is 10.7. The fourth-order valence-corrected chi connectivity index (χ4v) is 4.62. The van der Waals surface area contributed by atoms with Crippen molar-refractivity contribution >= 4 is 17.5 Å². The highest BCUT2D eigenvalue weighted by Crippen LogP contribution is 2.26. The highest BCUT2D eigenvalue weighted by molar-refractivity contribution is 5.53. The molecule has 7 heteroatoms. The van der Waals surface area contributed by atoms with Crippen molar-refractivity contribution in [2.75, 3.05) is 54.0 Å². The van der Waals surface area contributed by atoms with Gasteiger partial charge in [0.15, 0.2) is 5.82 Å². The second-order valence-corrected chi connectivity index (χ2v) is 8.18. The van der Waals surface area contributed by atoms with Crippen molar-refractivity contribution in [2.45, 2.75) is 45.4 Å².